The number of hydrogen-bond donors (Lipinski definition) is 0. The van der Waals surface area contributed by atoms with Gasteiger partial charge in [-0.15, -0.1) is 0 Å². The SMILES string of the molecule is Cn1cc(/C=C/Br)cn1. The molecule has 0 aliphatic heterocycles. The van der Waals surface area contributed by atoms with Crippen molar-refractivity contribution in [2.75, 3.05) is 0 Å². The van der Waals surface area contributed by atoms with E-state index in [-0.39, 0.29) is 0 Å². The first kappa shape index (κ1) is 6.55. The van der Waals surface area contributed by atoms with Crippen LogP contribution in [0.4, 0.5) is 0 Å². The average Bonchev–Trinajstić information content (AvgIpc) is 2.17. The van der Waals surface area contributed by atoms with Gasteiger partial charge in [-0.25, -0.2) is 0 Å². The zero-order valence-electron chi connectivity index (χ0n) is 5.08. The van der Waals surface area contributed by atoms with Crippen molar-refractivity contribution in [3.63, 3.8) is 0 Å². The molecule has 0 aromatic carbocycles. The van der Waals surface area contributed by atoms with Crippen LogP contribution in [0.5, 0.6) is 0 Å². The summed E-state index contributed by atoms with van der Waals surface area (Å²) in [7, 11) is 1.89. The van der Waals surface area contributed by atoms with Crippen LogP contribution in [0.1, 0.15) is 5.56 Å². The van der Waals surface area contributed by atoms with Gasteiger partial charge in [-0.05, 0) is 11.1 Å². The van der Waals surface area contributed by atoms with Gasteiger partial charge in [-0.1, -0.05) is 15.9 Å². The van der Waals surface area contributed by atoms with Crippen LogP contribution in [0.2, 0.25) is 0 Å². The molecule has 2 nitrogen and oxygen atoms in total. The maximum absolute atomic E-state index is 3.98. The van der Waals surface area contributed by atoms with E-state index in [4.69, 9.17) is 0 Å². The Kier molecular flexibility index (Phi) is 2.05. The first-order valence-electron chi connectivity index (χ1n) is 2.58. The van der Waals surface area contributed by atoms with Crippen molar-refractivity contribution in [2.45, 2.75) is 0 Å². The molecule has 3 heteroatoms. The fraction of sp³-hybridized carbons (Fsp3) is 0.167. The van der Waals surface area contributed by atoms with E-state index in [9.17, 15) is 0 Å². The summed E-state index contributed by atoms with van der Waals surface area (Å²) < 4.78 is 1.77. The molecule has 48 valence electrons. The number of rotatable bonds is 1. The van der Waals surface area contributed by atoms with Crippen molar-refractivity contribution in [1.29, 1.82) is 0 Å². The van der Waals surface area contributed by atoms with Crippen LogP contribution >= 0.6 is 15.9 Å². The second-order valence-electron chi connectivity index (χ2n) is 1.74. The molecule has 0 atom stereocenters. The van der Waals surface area contributed by atoms with Gasteiger partial charge >= 0.3 is 0 Å². The lowest BCUT2D eigenvalue weighted by molar-refractivity contribution is 0.767. The van der Waals surface area contributed by atoms with Crippen LogP contribution in [0, 0.1) is 0 Å². The quantitative estimate of drug-likeness (QED) is 0.655. The fourth-order valence-corrected chi connectivity index (χ4v) is 0.904. The highest BCUT2D eigenvalue weighted by Crippen LogP contribution is 2.00. The zero-order valence-corrected chi connectivity index (χ0v) is 6.67. The Balaban J connectivity index is 2.85. The summed E-state index contributed by atoms with van der Waals surface area (Å²) in [4.78, 5) is 1.81. The van der Waals surface area contributed by atoms with Gasteiger partial charge in [0.15, 0.2) is 0 Å². The van der Waals surface area contributed by atoms with E-state index in [1.54, 1.807) is 10.9 Å². The number of hydrogen-bond acceptors (Lipinski definition) is 1. The summed E-state index contributed by atoms with van der Waals surface area (Å²) in [5.41, 5.74) is 1.11. The third-order valence-corrected chi connectivity index (χ3v) is 1.24. The van der Waals surface area contributed by atoms with Crippen LogP contribution in [0.25, 0.3) is 6.08 Å². The van der Waals surface area contributed by atoms with Crippen molar-refractivity contribution in [2.24, 2.45) is 7.05 Å². The maximum Gasteiger partial charge on any atom is 0.0562 e. The first-order chi connectivity index (χ1) is 4.33. The molecule has 1 aromatic rings. The molecule has 0 radical (unpaired) electrons. The van der Waals surface area contributed by atoms with Crippen molar-refractivity contribution in [3.05, 3.63) is 22.9 Å². The minimum absolute atomic E-state index is 1.11. The Morgan fingerprint density at radius 3 is 3.00 bits per heavy atom. The molecule has 0 unspecified atom stereocenters. The van der Waals surface area contributed by atoms with Gasteiger partial charge in [0.2, 0.25) is 0 Å². The predicted octanol–water partition coefficient (Wildman–Crippen LogP) is 1.79. The topological polar surface area (TPSA) is 17.8 Å². The number of halogens is 1. The Labute approximate surface area is 62.3 Å². The fourth-order valence-electron chi connectivity index (χ4n) is 0.599. The summed E-state index contributed by atoms with van der Waals surface area (Å²) >= 11 is 3.18. The van der Waals surface area contributed by atoms with Gasteiger partial charge in [-0.3, -0.25) is 4.68 Å². The van der Waals surface area contributed by atoms with E-state index < -0.39 is 0 Å². The lowest BCUT2D eigenvalue weighted by atomic mass is 10.4. The molecule has 0 aliphatic carbocycles. The van der Waals surface area contributed by atoms with E-state index in [0.717, 1.165) is 5.56 Å². The van der Waals surface area contributed by atoms with Crippen LogP contribution in [0.15, 0.2) is 17.4 Å². The van der Waals surface area contributed by atoms with Crippen LogP contribution in [0.3, 0.4) is 0 Å². The molecule has 0 bridgehead atoms. The second kappa shape index (κ2) is 2.82. The van der Waals surface area contributed by atoms with Gasteiger partial charge in [0, 0.05) is 18.8 Å². The number of nitrogens with zero attached hydrogens (tertiary/aromatic N) is 2. The molecule has 0 spiro atoms. The van der Waals surface area contributed by atoms with Crippen molar-refractivity contribution < 1.29 is 0 Å². The predicted molar refractivity (Wildman–Crippen MR) is 41.2 cm³/mol. The first-order valence-corrected chi connectivity index (χ1v) is 3.50. The second-order valence-corrected chi connectivity index (χ2v) is 2.27. The number of aryl methyl sites for hydroxylation is 1. The summed E-state index contributed by atoms with van der Waals surface area (Å²) in [5.74, 6) is 0. The molecule has 0 saturated heterocycles. The molecule has 0 N–H and O–H groups in total. The third kappa shape index (κ3) is 1.68. The highest BCUT2D eigenvalue weighted by atomic mass is 79.9. The van der Waals surface area contributed by atoms with Gasteiger partial charge in [-0.2, -0.15) is 5.10 Å². The van der Waals surface area contributed by atoms with Gasteiger partial charge < -0.3 is 0 Å². The minimum Gasteiger partial charge on any atom is -0.275 e. The van der Waals surface area contributed by atoms with E-state index in [2.05, 4.69) is 21.0 Å². The Morgan fingerprint density at radius 1 is 1.78 bits per heavy atom. The average molecular weight is 187 g/mol. The number of aromatic nitrogens is 2. The summed E-state index contributed by atoms with van der Waals surface area (Å²) in [6, 6.07) is 0. The molecule has 1 aromatic heterocycles. The molecule has 0 saturated carbocycles. The standard InChI is InChI=1S/C6H7BrN2/c1-9-5-6(2-3-7)4-8-9/h2-5H,1H3/b3-2+. The molecule has 0 amide bonds. The van der Waals surface area contributed by atoms with E-state index >= 15 is 0 Å². The zero-order chi connectivity index (χ0) is 6.69. The molecule has 1 rings (SSSR count). The lowest BCUT2D eigenvalue weighted by Gasteiger charge is -1.79. The van der Waals surface area contributed by atoms with Crippen molar-refractivity contribution in [3.8, 4) is 0 Å². The lowest BCUT2D eigenvalue weighted by Crippen LogP contribution is -1.83. The molecular formula is C6H7BrN2. The van der Waals surface area contributed by atoms with E-state index in [1.807, 2.05) is 24.3 Å². The molecular weight excluding hydrogens is 180 g/mol. The van der Waals surface area contributed by atoms with Gasteiger partial charge in [0.05, 0.1) is 6.20 Å². The molecule has 9 heavy (non-hydrogen) atoms. The largest absolute Gasteiger partial charge is 0.275 e. The third-order valence-electron chi connectivity index (χ3n) is 0.980. The smallest absolute Gasteiger partial charge is 0.0562 e. The van der Waals surface area contributed by atoms with E-state index in [0.29, 0.717) is 0 Å². The van der Waals surface area contributed by atoms with Gasteiger partial charge in [0.25, 0.3) is 0 Å². The van der Waals surface area contributed by atoms with E-state index in [1.165, 1.54) is 0 Å². The highest BCUT2D eigenvalue weighted by Gasteiger charge is 1.86. The Morgan fingerprint density at radius 2 is 2.56 bits per heavy atom. The highest BCUT2D eigenvalue weighted by molar-refractivity contribution is 9.11. The monoisotopic (exact) mass is 186 g/mol. The Bertz CT molecular complexity index is 215. The molecule has 0 aliphatic rings. The summed E-state index contributed by atoms with van der Waals surface area (Å²) in [6.45, 7) is 0. The van der Waals surface area contributed by atoms with Crippen LogP contribution < -0.4 is 0 Å². The van der Waals surface area contributed by atoms with Crippen LogP contribution in [-0.2, 0) is 7.05 Å². The molecule has 0 fully saturated rings. The van der Waals surface area contributed by atoms with Gasteiger partial charge in [0.1, 0.15) is 0 Å². The van der Waals surface area contributed by atoms with Crippen molar-refractivity contribution >= 4 is 22.0 Å². The Hall–Kier alpha value is -0.570. The van der Waals surface area contributed by atoms with Crippen LogP contribution in [-0.4, -0.2) is 9.78 Å². The summed E-state index contributed by atoms with van der Waals surface area (Å²) in [5, 5.41) is 3.98. The minimum atomic E-state index is 1.11. The normalized spacial score (nSPS) is 10.9. The molecule has 1 heterocycles. The maximum atomic E-state index is 3.98. The van der Waals surface area contributed by atoms with Crippen molar-refractivity contribution in [1.82, 2.24) is 9.78 Å². The summed E-state index contributed by atoms with van der Waals surface area (Å²) in [6.07, 6.45) is 5.68.